The van der Waals surface area contributed by atoms with Crippen LogP contribution in [0, 0.1) is 6.92 Å². The molecule has 0 spiro atoms. The van der Waals surface area contributed by atoms with E-state index in [2.05, 4.69) is 11.6 Å². The van der Waals surface area contributed by atoms with Gasteiger partial charge in [-0.15, -0.1) is 0 Å². The zero-order valence-electron chi connectivity index (χ0n) is 5.96. The normalized spacial score (nSPS) is 11.8. The Labute approximate surface area is 61.6 Å². The molecule has 0 saturated carbocycles. The molecular formula is C5H12NO3S. The predicted molar refractivity (Wildman–Crippen MR) is 39.0 cm³/mol. The molecule has 0 aromatic rings. The molecule has 10 heavy (non-hydrogen) atoms. The minimum absolute atomic E-state index is 0.314. The topological polar surface area (TPSA) is 55.4 Å². The number of nitrogens with one attached hydrogen (secondary N) is 1. The quantitative estimate of drug-likeness (QED) is 0.554. The van der Waals surface area contributed by atoms with Gasteiger partial charge in [0, 0.05) is 13.2 Å². The fourth-order valence-electron chi connectivity index (χ4n) is 0.401. The average Bonchev–Trinajstić information content (AvgIpc) is 1.78. The molecule has 0 amide bonds. The van der Waals surface area contributed by atoms with E-state index in [0.717, 1.165) is 6.26 Å². The van der Waals surface area contributed by atoms with Gasteiger partial charge in [-0.25, -0.2) is 13.1 Å². The van der Waals surface area contributed by atoms with Crippen LogP contribution in [0.3, 0.4) is 0 Å². The monoisotopic (exact) mass is 166 g/mol. The first-order valence-corrected chi connectivity index (χ1v) is 4.77. The van der Waals surface area contributed by atoms with Gasteiger partial charge in [-0.05, 0) is 6.92 Å². The Bertz CT molecular complexity index is 164. The number of rotatable bonds is 5. The molecule has 4 nitrogen and oxygen atoms in total. The molecule has 0 aromatic heterocycles. The summed E-state index contributed by atoms with van der Waals surface area (Å²) in [4.78, 5) is 0. The Hall–Kier alpha value is -0.130. The summed E-state index contributed by atoms with van der Waals surface area (Å²) in [6.07, 6.45) is 1.11. The molecule has 0 unspecified atom stereocenters. The summed E-state index contributed by atoms with van der Waals surface area (Å²) in [7, 11) is -3.05. The average molecular weight is 166 g/mol. The van der Waals surface area contributed by atoms with E-state index in [1.54, 1.807) is 0 Å². The molecule has 0 heterocycles. The maximum absolute atomic E-state index is 10.4. The number of sulfonamides is 1. The highest BCUT2D eigenvalue weighted by atomic mass is 32.2. The molecule has 0 saturated heterocycles. The Morgan fingerprint density at radius 3 is 2.60 bits per heavy atom. The third-order valence-corrected chi connectivity index (χ3v) is 1.48. The predicted octanol–water partition coefficient (Wildman–Crippen LogP) is -0.614. The second-order valence-electron chi connectivity index (χ2n) is 1.78. The van der Waals surface area contributed by atoms with E-state index in [-0.39, 0.29) is 0 Å². The van der Waals surface area contributed by atoms with E-state index in [4.69, 9.17) is 4.74 Å². The minimum atomic E-state index is -3.05. The maximum atomic E-state index is 10.4. The second-order valence-corrected chi connectivity index (χ2v) is 3.61. The molecule has 0 aromatic carbocycles. The van der Waals surface area contributed by atoms with E-state index in [1.165, 1.54) is 0 Å². The van der Waals surface area contributed by atoms with Gasteiger partial charge in [-0.2, -0.15) is 0 Å². The first-order valence-electron chi connectivity index (χ1n) is 2.88. The van der Waals surface area contributed by atoms with Crippen LogP contribution in [0.5, 0.6) is 0 Å². The van der Waals surface area contributed by atoms with Crippen molar-refractivity contribution in [2.75, 3.05) is 26.0 Å². The molecule has 0 fully saturated rings. The molecule has 0 aliphatic heterocycles. The van der Waals surface area contributed by atoms with Gasteiger partial charge >= 0.3 is 0 Å². The second kappa shape index (κ2) is 4.65. The molecule has 1 radical (unpaired) electrons. The zero-order valence-corrected chi connectivity index (χ0v) is 6.78. The molecule has 0 aliphatic carbocycles. The molecule has 61 valence electrons. The van der Waals surface area contributed by atoms with Crippen molar-refractivity contribution in [3.8, 4) is 0 Å². The molecular weight excluding hydrogens is 154 g/mol. The van der Waals surface area contributed by atoms with Crippen LogP contribution in [0.2, 0.25) is 0 Å². The van der Waals surface area contributed by atoms with Gasteiger partial charge in [-0.1, -0.05) is 0 Å². The van der Waals surface area contributed by atoms with Crippen LogP contribution in [-0.2, 0) is 14.8 Å². The van der Waals surface area contributed by atoms with Crippen molar-refractivity contribution in [3.05, 3.63) is 6.92 Å². The fraction of sp³-hybridized carbons (Fsp3) is 0.800. The van der Waals surface area contributed by atoms with Crippen molar-refractivity contribution < 1.29 is 13.2 Å². The fourth-order valence-corrected chi connectivity index (χ4v) is 0.855. The number of hydrogen-bond donors (Lipinski definition) is 1. The van der Waals surface area contributed by atoms with Gasteiger partial charge in [0.25, 0.3) is 0 Å². The van der Waals surface area contributed by atoms with Crippen molar-refractivity contribution in [2.45, 2.75) is 0 Å². The van der Waals surface area contributed by atoms with Crippen LogP contribution in [0.4, 0.5) is 0 Å². The maximum Gasteiger partial charge on any atom is 0.208 e. The Kier molecular flexibility index (Phi) is 4.59. The van der Waals surface area contributed by atoms with Crippen molar-refractivity contribution in [1.82, 2.24) is 4.72 Å². The summed E-state index contributed by atoms with van der Waals surface area (Å²) in [5.41, 5.74) is 0. The van der Waals surface area contributed by atoms with Gasteiger partial charge in [0.2, 0.25) is 10.0 Å². The van der Waals surface area contributed by atoms with Crippen LogP contribution in [-0.4, -0.2) is 34.4 Å². The van der Waals surface area contributed by atoms with Crippen molar-refractivity contribution in [3.63, 3.8) is 0 Å². The van der Waals surface area contributed by atoms with E-state index in [1.807, 2.05) is 0 Å². The highest BCUT2D eigenvalue weighted by Crippen LogP contribution is 1.74. The van der Waals surface area contributed by atoms with Crippen LogP contribution < -0.4 is 4.72 Å². The summed E-state index contributed by atoms with van der Waals surface area (Å²) >= 11 is 0. The Morgan fingerprint density at radius 1 is 1.60 bits per heavy atom. The van der Waals surface area contributed by atoms with E-state index in [9.17, 15) is 8.42 Å². The zero-order chi connectivity index (χ0) is 8.04. The van der Waals surface area contributed by atoms with Crippen LogP contribution in [0.25, 0.3) is 0 Å². The van der Waals surface area contributed by atoms with Crippen LogP contribution in [0.15, 0.2) is 0 Å². The summed E-state index contributed by atoms with van der Waals surface area (Å²) in [6.45, 7) is 4.47. The lowest BCUT2D eigenvalue weighted by Crippen LogP contribution is -2.25. The van der Waals surface area contributed by atoms with Gasteiger partial charge in [0.1, 0.15) is 0 Å². The molecule has 0 rings (SSSR count). The lowest BCUT2D eigenvalue weighted by Gasteiger charge is -2.00. The van der Waals surface area contributed by atoms with E-state index < -0.39 is 10.0 Å². The van der Waals surface area contributed by atoms with Crippen molar-refractivity contribution in [1.29, 1.82) is 0 Å². The summed E-state index contributed by atoms with van der Waals surface area (Å²) in [5.74, 6) is 0. The molecule has 0 atom stereocenters. The van der Waals surface area contributed by atoms with E-state index in [0.29, 0.717) is 19.8 Å². The summed E-state index contributed by atoms with van der Waals surface area (Å²) in [6, 6.07) is 0. The lowest BCUT2D eigenvalue weighted by atomic mass is 10.7. The third-order valence-electron chi connectivity index (χ3n) is 0.755. The lowest BCUT2D eigenvalue weighted by molar-refractivity contribution is 0.166. The van der Waals surface area contributed by atoms with Crippen molar-refractivity contribution >= 4 is 10.0 Å². The highest BCUT2D eigenvalue weighted by molar-refractivity contribution is 7.88. The Balaban J connectivity index is 3.21. The van der Waals surface area contributed by atoms with Gasteiger partial charge < -0.3 is 4.74 Å². The SMILES string of the molecule is [CH2]COCCNS(C)(=O)=O. The van der Waals surface area contributed by atoms with Gasteiger partial charge in [0.15, 0.2) is 0 Å². The van der Waals surface area contributed by atoms with Gasteiger partial charge in [0.05, 0.1) is 12.9 Å². The Morgan fingerprint density at radius 2 is 2.20 bits per heavy atom. The first kappa shape index (κ1) is 9.87. The summed E-state index contributed by atoms with van der Waals surface area (Å²) in [5, 5.41) is 0. The van der Waals surface area contributed by atoms with Crippen LogP contribution >= 0.6 is 0 Å². The third kappa shape index (κ3) is 7.87. The molecule has 0 bridgehead atoms. The molecule has 5 heteroatoms. The summed E-state index contributed by atoms with van der Waals surface area (Å²) < 4.78 is 27.9. The first-order chi connectivity index (χ1) is 4.56. The van der Waals surface area contributed by atoms with Gasteiger partial charge in [-0.3, -0.25) is 0 Å². The largest absolute Gasteiger partial charge is 0.380 e. The molecule has 0 aliphatic rings. The van der Waals surface area contributed by atoms with Crippen molar-refractivity contribution in [2.24, 2.45) is 0 Å². The standard InChI is InChI=1S/C5H12NO3S/c1-3-9-5-4-6-10(2,7)8/h6H,1,3-5H2,2H3. The number of ether oxygens (including phenoxy) is 1. The smallest absolute Gasteiger partial charge is 0.208 e. The van der Waals surface area contributed by atoms with E-state index >= 15 is 0 Å². The molecule has 1 N–H and O–H groups in total. The highest BCUT2D eigenvalue weighted by Gasteiger charge is 1.96. The van der Waals surface area contributed by atoms with Crippen LogP contribution in [0.1, 0.15) is 0 Å². The number of hydrogen-bond acceptors (Lipinski definition) is 3. The minimum Gasteiger partial charge on any atom is -0.380 e.